The summed E-state index contributed by atoms with van der Waals surface area (Å²) < 4.78 is 31.7. The van der Waals surface area contributed by atoms with Gasteiger partial charge >= 0.3 is 11.9 Å². The summed E-state index contributed by atoms with van der Waals surface area (Å²) in [6.45, 7) is 2.09. The second kappa shape index (κ2) is 9.46. The van der Waals surface area contributed by atoms with Crippen molar-refractivity contribution in [2.24, 2.45) is 34.5 Å². The number of fused-ring (bicyclic) bond motifs is 2. The van der Waals surface area contributed by atoms with Crippen molar-refractivity contribution in [3.8, 4) is 0 Å². The summed E-state index contributed by atoms with van der Waals surface area (Å²) >= 11 is 0. The number of methoxy groups -OCH3 is 3. The summed E-state index contributed by atoms with van der Waals surface area (Å²) in [6.07, 6.45) is -0.219. The van der Waals surface area contributed by atoms with Crippen LogP contribution in [0.5, 0.6) is 0 Å². The van der Waals surface area contributed by atoms with E-state index < -0.39 is 52.1 Å². The molecule has 0 aromatic heterocycles. The molecule has 7 bridgehead atoms. The fourth-order valence-electron chi connectivity index (χ4n) is 11.9. The van der Waals surface area contributed by atoms with E-state index in [0.29, 0.717) is 12.1 Å². The zero-order chi connectivity index (χ0) is 29.8. The summed E-state index contributed by atoms with van der Waals surface area (Å²) in [5.41, 5.74) is -3.28. The van der Waals surface area contributed by atoms with Crippen molar-refractivity contribution in [2.75, 3.05) is 41.5 Å². The van der Waals surface area contributed by atoms with Gasteiger partial charge in [-0.2, -0.15) is 0 Å². The van der Waals surface area contributed by atoms with E-state index in [0.717, 1.165) is 12.8 Å². The van der Waals surface area contributed by atoms with E-state index in [1.807, 2.05) is 6.07 Å². The summed E-state index contributed by atoms with van der Waals surface area (Å²) in [5.74, 6) is -2.20. The number of nitrogens with zero attached hydrogens (tertiary/aromatic N) is 1. The fraction of sp³-hybridized carbons (Fsp3) is 0.750. The minimum absolute atomic E-state index is 0.00513. The average Bonchev–Trinajstić information content (AvgIpc) is 3.37. The molecule has 13 unspecified atom stereocenters. The second-order valence-electron chi connectivity index (χ2n) is 13.8. The number of esters is 2. The first-order chi connectivity index (χ1) is 20.1. The lowest BCUT2D eigenvalue weighted by Gasteiger charge is -2.68. The first-order valence-electron chi connectivity index (χ1n) is 15.2. The Morgan fingerprint density at radius 1 is 1.02 bits per heavy atom. The molecule has 5 saturated carbocycles. The molecule has 1 spiro atoms. The Morgan fingerprint density at radius 3 is 2.36 bits per heavy atom. The Bertz CT molecular complexity index is 1260. The van der Waals surface area contributed by atoms with Crippen LogP contribution in [-0.4, -0.2) is 110 Å². The molecule has 7 rings (SSSR count). The lowest BCUT2D eigenvalue weighted by Crippen LogP contribution is -2.77. The molecule has 230 valence electrons. The van der Waals surface area contributed by atoms with Crippen LogP contribution in [0.3, 0.4) is 0 Å². The lowest BCUT2D eigenvalue weighted by atomic mass is 9.43. The van der Waals surface area contributed by atoms with E-state index in [9.17, 15) is 19.8 Å². The second-order valence-corrected chi connectivity index (χ2v) is 13.8. The molecular weight excluding hydrogens is 542 g/mol. The Kier molecular flexibility index (Phi) is 6.46. The van der Waals surface area contributed by atoms with Crippen LogP contribution in [0.1, 0.15) is 43.0 Å². The molecule has 13 atom stereocenters. The largest absolute Gasteiger partial charge is 0.458 e. The van der Waals surface area contributed by atoms with Gasteiger partial charge in [0, 0.05) is 75.8 Å². The third-order valence-corrected chi connectivity index (χ3v) is 12.6. The van der Waals surface area contributed by atoms with Gasteiger partial charge in [-0.3, -0.25) is 4.79 Å². The highest BCUT2D eigenvalue weighted by Gasteiger charge is 2.89. The van der Waals surface area contributed by atoms with Gasteiger partial charge in [0.15, 0.2) is 0 Å². The van der Waals surface area contributed by atoms with Gasteiger partial charge in [0.1, 0.15) is 17.3 Å². The van der Waals surface area contributed by atoms with Crippen molar-refractivity contribution in [1.29, 1.82) is 0 Å². The van der Waals surface area contributed by atoms with E-state index in [-0.39, 0.29) is 55.5 Å². The monoisotopic (exact) mass is 585 g/mol. The van der Waals surface area contributed by atoms with Gasteiger partial charge in [0.25, 0.3) is 0 Å². The van der Waals surface area contributed by atoms with Crippen molar-refractivity contribution < 1.29 is 43.5 Å². The summed E-state index contributed by atoms with van der Waals surface area (Å²) in [7, 11) is 7.08. The van der Waals surface area contributed by atoms with E-state index in [2.05, 4.69) is 11.9 Å². The van der Waals surface area contributed by atoms with Crippen molar-refractivity contribution in [2.45, 2.75) is 74.3 Å². The number of carbonyl (C=O) groups excluding carboxylic acids is 2. The molecule has 1 saturated heterocycles. The van der Waals surface area contributed by atoms with E-state index in [1.165, 1.54) is 6.92 Å². The molecule has 0 amide bonds. The SMILES string of the molecule is COC1C2C3N(C)CC4(CO)CCC(OC)C3(C3CC5(O)C(OC)CC2(OC(C)=O)C3C5OC(=O)c2ccccc2)C14. The Hall–Kier alpha value is -2.08. The molecule has 0 radical (unpaired) electrons. The van der Waals surface area contributed by atoms with Crippen molar-refractivity contribution in [3.63, 3.8) is 0 Å². The smallest absolute Gasteiger partial charge is 0.338 e. The Labute approximate surface area is 246 Å². The maximum atomic E-state index is 13.6. The number of carbonyl (C=O) groups is 2. The average molecular weight is 586 g/mol. The molecule has 2 N–H and O–H groups in total. The third-order valence-electron chi connectivity index (χ3n) is 12.6. The Balaban J connectivity index is 1.48. The zero-order valence-electron chi connectivity index (χ0n) is 25.0. The molecular formula is C32H43NO9. The summed E-state index contributed by atoms with van der Waals surface area (Å²) in [5, 5.41) is 23.7. The van der Waals surface area contributed by atoms with Gasteiger partial charge in [0.05, 0.1) is 30.5 Å². The number of aliphatic hydroxyl groups is 2. The molecule has 6 fully saturated rings. The highest BCUT2D eigenvalue weighted by atomic mass is 16.6. The van der Waals surface area contributed by atoms with Gasteiger partial charge in [-0.25, -0.2) is 4.79 Å². The van der Waals surface area contributed by atoms with Gasteiger partial charge in [-0.1, -0.05) is 18.2 Å². The maximum Gasteiger partial charge on any atom is 0.338 e. The first-order valence-corrected chi connectivity index (χ1v) is 15.2. The van der Waals surface area contributed by atoms with Crippen LogP contribution in [0.4, 0.5) is 0 Å². The zero-order valence-corrected chi connectivity index (χ0v) is 25.0. The van der Waals surface area contributed by atoms with Crippen molar-refractivity contribution in [1.82, 2.24) is 4.90 Å². The van der Waals surface area contributed by atoms with Crippen LogP contribution in [0, 0.1) is 34.5 Å². The summed E-state index contributed by atoms with van der Waals surface area (Å²) in [6, 6.07) is 8.64. The van der Waals surface area contributed by atoms with E-state index in [1.54, 1.807) is 45.6 Å². The first kappa shape index (κ1) is 28.7. The molecule has 1 aliphatic heterocycles. The highest BCUT2D eigenvalue weighted by Crippen LogP contribution is 2.80. The molecule has 10 nitrogen and oxygen atoms in total. The number of rotatable bonds is 7. The standard InChI is InChI=1S/C32H43NO9/c1-17(35)42-31-14-21(39-4)30(37)13-19(22(31)27(30)41-28(36)18-9-7-6-8-10-18)32-20(38-3)11-12-29(16-34)15-33(2)26(32)23(31)24(40-5)25(29)32/h6-10,19-27,34,37H,11-16H2,1-5H3. The number of aliphatic hydroxyl groups excluding tert-OH is 1. The van der Waals surface area contributed by atoms with Crippen LogP contribution < -0.4 is 0 Å². The van der Waals surface area contributed by atoms with Gasteiger partial charge in [-0.05, 0) is 44.4 Å². The fourth-order valence-corrected chi connectivity index (χ4v) is 11.9. The highest BCUT2D eigenvalue weighted by molar-refractivity contribution is 5.89. The number of hydrogen-bond acceptors (Lipinski definition) is 10. The predicted octanol–water partition coefficient (Wildman–Crippen LogP) is 1.66. The molecule has 1 aromatic carbocycles. The number of ether oxygens (including phenoxy) is 5. The van der Waals surface area contributed by atoms with Crippen LogP contribution in [-0.2, 0) is 28.5 Å². The molecule has 42 heavy (non-hydrogen) atoms. The minimum atomic E-state index is -1.51. The minimum Gasteiger partial charge on any atom is -0.458 e. The number of hydrogen-bond donors (Lipinski definition) is 2. The van der Waals surface area contributed by atoms with E-state index in [4.69, 9.17) is 23.7 Å². The van der Waals surface area contributed by atoms with Crippen LogP contribution in [0.15, 0.2) is 30.3 Å². The normalized spacial score (nSPS) is 49.9. The quantitative estimate of drug-likeness (QED) is 0.457. The molecule has 1 heterocycles. The van der Waals surface area contributed by atoms with Gasteiger partial charge < -0.3 is 38.8 Å². The number of piperidine rings is 1. The lowest BCUT2D eigenvalue weighted by molar-refractivity contribution is -0.285. The molecule has 6 aliphatic rings. The number of likely N-dealkylation sites (tertiary alicyclic amines) is 1. The van der Waals surface area contributed by atoms with Crippen LogP contribution >= 0.6 is 0 Å². The summed E-state index contributed by atoms with van der Waals surface area (Å²) in [4.78, 5) is 29.0. The molecule has 10 heteroatoms. The van der Waals surface area contributed by atoms with Crippen LogP contribution in [0.2, 0.25) is 0 Å². The van der Waals surface area contributed by atoms with Crippen molar-refractivity contribution >= 4 is 11.9 Å². The Morgan fingerprint density at radius 2 is 1.74 bits per heavy atom. The topological polar surface area (TPSA) is 124 Å². The maximum absolute atomic E-state index is 13.6. The molecule has 1 aromatic rings. The third kappa shape index (κ3) is 3.21. The molecule has 5 aliphatic carbocycles. The van der Waals surface area contributed by atoms with Crippen LogP contribution in [0.25, 0.3) is 0 Å². The van der Waals surface area contributed by atoms with Gasteiger partial charge in [0.2, 0.25) is 0 Å². The predicted molar refractivity (Wildman–Crippen MR) is 148 cm³/mol. The number of benzene rings is 1. The van der Waals surface area contributed by atoms with Crippen molar-refractivity contribution in [3.05, 3.63) is 35.9 Å². The van der Waals surface area contributed by atoms with Gasteiger partial charge in [-0.15, -0.1) is 0 Å². The van der Waals surface area contributed by atoms with E-state index >= 15 is 0 Å².